The lowest BCUT2D eigenvalue weighted by molar-refractivity contribution is -0.297. The first kappa shape index (κ1) is 26.2. The number of aliphatic carboxylic acids is 1. The van der Waals surface area contributed by atoms with Crippen molar-refractivity contribution in [2.75, 3.05) is 6.61 Å². The van der Waals surface area contributed by atoms with E-state index in [4.69, 9.17) is 15.2 Å². The van der Waals surface area contributed by atoms with Crippen LogP contribution in [-0.2, 0) is 23.9 Å². The molecule has 1 aliphatic rings. The molecule has 174 valence electrons. The Morgan fingerprint density at radius 1 is 1.30 bits per heavy atom. The Balaban J connectivity index is 2.85. The van der Waals surface area contributed by atoms with Crippen molar-refractivity contribution in [3.8, 4) is 0 Å². The van der Waals surface area contributed by atoms with Gasteiger partial charge in [-0.05, 0) is 12.3 Å². The molecule has 1 rings (SSSR count). The normalized spacial score (nSPS) is 29.7. The van der Waals surface area contributed by atoms with Gasteiger partial charge in [-0.2, -0.15) is 0 Å². The lowest BCUT2D eigenvalue weighted by Crippen LogP contribution is -2.61. The number of hydrogen-bond acceptors (Lipinski definition) is 10. The third kappa shape index (κ3) is 7.45. The van der Waals surface area contributed by atoms with Crippen molar-refractivity contribution in [1.29, 1.82) is 0 Å². The summed E-state index contributed by atoms with van der Waals surface area (Å²) in [5.41, 5.74) is 5.70. The van der Waals surface area contributed by atoms with Crippen molar-refractivity contribution < 1.29 is 49.4 Å². The standard InChI is InChI=1S/C18H32N2O10/c1-8(2)4-11(19)16(25)29-7-10(22)5-13-14(15(24)20-9(3)21)12(23)6-18(28,30-13)17(26)27/h8,10-15,22-24,28H,4-7,19H2,1-3H3,(H,20,21)(H,26,27)/t10-,11-,12-,13-,14-,15-,18-/m0/s1. The number of nitrogens with two attached hydrogens (primary N) is 1. The molecule has 0 bridgehead atoms. The molecule has 0 unspecified atom stereocenters. The summed E-state index contributed by atoms with van der Waals surface area (Å²) < 4.78 is 10.1. The van der Waals surface area contributed by atoms with Gasteiger partial charge in [0.15, 0.2) is 0 Å². The van der Waals surface area contributed by atoms with E-state index in [1.165, 1.54) is 0 Å². The van der Waals surface area contributed by atoms with Gasteiger partial charge in [-0.25, -0.2) is 4.79 Å². The predicted octanol–water partition coefficient (Wildman–Crippen LogP) is -2.35. The molecule has 1 fully saturated rings. The molecular weight excluding hydrogens is 404 g/mol. The fraction of sp³-hybridized carbons (Fsp3) is 0.833. The zero-order valence-electron chi connectivity index (χ0n) is 17.2. The topological polar surface area (TPSA) is 209 Å². The zero-order chi connectivity index (χ0) is 23.2. The minimum Gasteiger partial charge on any atom is -0.477 e. The Bertz CT molecular complexity index is 616. The summed E-state index contributed by atoms with van der Waals surface area (Å²) >= 11 is 0. The molecule has 0 spiro atoms. The van der Waals surface area contributed by atoms with E-state index in [-0.39, 0.29) is 5.92 Å². The van der Waals surface area contributed by atoms with Gasteiger partial charge >= 0.3 is 11.9 Å². The van der Waals surface area contributed by atoms with Crippen LogP contribution in [0.2, 0.25) is 0 Å². The average Bonchev–Trinajstić information content (AvgIpc) is 2.57. The van der Waals surface area contributed by atoms with Crippen LogP contribution in [0.1, 0.15) is 40.0 Å². The number of aliphatic hydroxyl groups is 4. The molecule has 12 heteroatoms. The average molecular weight is 436 g/mol. The summed E-state index contributed by atoms with van der Waals surface area (Å²) in [6.07, 6.45) is -6.81. The number of carboxylic acid groups (broad SMARTS) is 1. The highest BCUT2D eigenvalue weighted by molar-refractivity contribution is 5.76. The van der Waals surface area contributed by atoms with E-state index < -0.39 is 79.6 Å². The van der Waals surface area contributed by atoms with Gasteiger partial charge in [-0.15, -0.1) is 0 Å². The highest BCUT2D eigenvalue weighted by Crippen LogP contribution is 2.35. The molecule has 8 N–H and O–H groups in total. The molecule has 1 saturated heterocycles. The van der Waals surface area contributed by atoms with Crippen molar-refractivity contribution in [2.24, 2.45) is 17.6 Å². The molecule has 0 saturated carbocycles. The number of nitrogens with one attached hydrogen (secondary N) is 1. The molecule has 1 aliphatic heterocycles. The lowest BCUT2D eigenvalue weighted by Gasteiger charge is -2.44. The first-order valence-electron chi connectivity index (χ1n) is 9.64. The smallest absolute Gasteiger partial charge is 0.364 e. The van der Waals surface area contributed by atoms with Crippen LogP contribution in [0, 0.1) is 11.8 Å². The number of carbonyl (C=O) groups is 3. The van der Waals surface area contributed by atoms with Gasteiger partial charge in [0.05, 0.1) is 24.2 Å². The molecule has 0 aromatic rings. The molecule has 7 atom stereocenters. The van der Waals surface area contributed by atoms with Crippen LogP contribution >= 0.6 is 0 Å². The number of rotatable bonds is 10. The maximum absolute atomic E-state index is 11.9. The molecule has 0 aromatic heterocycles. The Morgan fingerprint density at radius 2 is 1.90 bits per heavy atom. The van der Waals surface area contributed by atoms with E-state index in [2.05, 4.69) is 5.32 Å². The van der Waals surface area contributed by atoms with Crippen LogP contribution in [0.3, 0.4) is 0 Å². The summed E-state index contributed by atoms with van der Waals surface area (Å²) in [7, 11) is 0. The molecule has 1 amide bonds. The summed E-state index contributed by atoms with van der Waals surface area (Å²) in [4.78, 5) is 34.4. The van der Waals surface area contributed by atoms with Gasteiger partial charge in [-0.3, -0.25) is 9.59 Å². The van der Waals surface area contributed by atoms with Gasteiger partial charge in [0.25, 0.3) is 5.79 Å². The van der Waals surface area contributed by atoms with Crippen LogP contribution < -0.4 is 11.1 Å². The fourth-order valence-electron chi connectivity index (χ4n) is 3.33. The predicted molar refractivity (Wildman–Crippen MR) is 100 cm³/mol. The van der Waals surface area contributed by atoms with Crippen LogP contribution in [-0.4, -0.2) is 86.4 Å². The SMILES string of the molecule is CC(=O)N[C@@H](O)[C@@H]1[C@H](C[C@H](O)COC(=O)[C@@H](N)CC(C)C)O[C@](O)(C(=O)O)C[C@@H]1O. The summed E-state index contributed by atoms with van der Waals surface area (Å²) in [6.45, 7) is 4.36. The maximum Gasteiger partial charge on any atom is 0.364 e. The van der Waals surface area contributed by atoms with Crippen LogP contribution in [0.4, 0.5) is 0 Å². The van der Waals surface area contributed by atoms with E-state index >= 15 is 0 Å². The second kappa shape index (κ2) is 11.0. The Kier molecular flexibility index (Phi) is 9.59. The van der Waals surface area contributed by atoms with Crippen LogP contribution in [0.15, 0.2) is 0 Å². The second-order valence-corrected chi connectivity index (χ2v) is 8.00. The number of aliphatic hydroxyl groups excluding tert-OH is 3. The monoisotopic (exact) mass is 436 g/mol. The third-order valence-electron chi connectivity index (χ3n) is 4.71. The van der Waals surface area contributed by atoms with Gasteiger partial charge in [0.2, 0.25) is 5.91 Å². The molecule has 0 aliphatic carbocycles. The zero-order valence-corrected chi connectivity index (χ0v) is 17.2. The highest BCUT2D eigenvalue weighted by Gasteiger charge is 2.53. The third-order valence-corrected chi connectivity index (χ3v) is 4.71. The number of carbonyl (C=O) groups excluding carboxylic acids is 2. The van der Waals surface area contributed by atoms with E-state index in [1.54, 1.807) is 0 Å². The maximum atomic E-state index is 11.9. The van der Waals surface area contributed by atoms with Crippen molar-refractivity contribution in [2.45, 2.75) is 76.4 Å². The number of amides is 1. The summed E-state index contributed by atoms with van der Waals surface area (Å²) in [5.74, 6) is -6.99. The number of esters is 1. The minimum absolute atomic E-state index is 0.152. The quantitative estimate of drug-likeness (QED) is 0.142. The van der Waals surface area contributed by atoms with Gasteiger partial charge in [0, 0.05) is 19.8 Å². The Morgan fingerprint density at radius 3 is 2.40 bits per heavy atom. The molecular formula is C18H32N2O10. The van der Waals surface area contributed by atoms with Gasteiger partial charge in [-0.1, -0.05) is 13.8 Å². The van der Waals surface area contributed by atoms with Crippen LogP contribution in [0.5, 0.6) is 0 Å². The summed E-state index contributed by atoms with van der Waals surface area (Å²) in [6, 6.07) is -0.878. The van der Waals surface area contributed by atoms with E-state index in [0.717, 1.165) is 6.92 Å². The van der Waals surface area contributed by atoms with Gasteiger partial charge < -0.3 is 46.1 Å². The lowest BCUT2D eigenvalue weighted by atomic mass is 9.83. The molecule has 12 nitrogen and oxygen atoms in total. The van der Waals surface area contributed by atoms with Gasteiger partial charge in [0.1, 0.15) is 18.9 Å². The Labute approximate surface area is 174 Å². The first-order valence-corrected chi connectivity index (χ1v) is 9.64. The first-order chi connectivity index (χ1) is 13.8. The van der Waals surface area contributed by atoms with Crippen molar-refractivity contribution in [3.05, 3.63) is 0 Å². The Hall–Kier alpha value is -1.83. The molecule has 0 aromatic carbocycles. The van der Waals surface area contributed by atoms with E-state index in [1.807, 2.05) is 13.8 Å². The molecule has 1 heterocycles. The van der Waals surface area contributed by atoms with Crippen molar-refractivity contribution in [1.82, 2.24) is 5.32 Å². The molecule has 0 radical (unpaired) electrons. The second-order valence-electron chi connectivity index (χ2n) is 8.00. The van der Waals surface area contributed by atoms with E-state index in [9.17, 15) is 39.9 Å². The van der Waals surface area contributed by atoms with E-state index in [0.29, 0.717) is 6.42 Å². The summed E-state index contributed by atoms with van der Waals surface area (Å²) in [5, 5.41) is 52.2. The van der Waals surface area contributed by atoms with Crippen molar-refractivity contribution >= 4 is 17.8 Å². The van der Waals surface area contributed by atoms with Crippen LogP contribution in [0.25, 0.3) is 0 Å². The number of ether oxygens (including phenoxy) is 2. The minimum atomic E-state index is -2.76. The molecule has 30 heavy (non-hydrogen) atoms. The highest BCUT2D eigenvalue weighted by atomic mass is 16.7. The number of hydrogen-bond donors (Lipinski definition) is 7. The largest absolute Gasteiger partial charge is 0.477 e. The number of carboxylic acids is 1. The van der Waals surface area contributed by atoms with Crippen molar-refractivity contribution in [3.63, 3.8) is 0 Å². The fourth-order valence-corrected chi connectivity index (χ4v) is 3.33.